The van der Waals surface area contributed by atoms with Crippen LogP contribution in [0.4, 0.5) is 0 Å². The smallest absolute Gasteiger partial charge is 0.209 e. The Balaban J connectivity index is 1.83. The summed E-state index contributed by atoms with van der Waals surface area (Å²) in [6.45, 7) is 0.594. The molecule has 0 N–H and O–H groups in total. The Kier molecular flexibility index (Phi) is 3.83. The van der Waals surface area contributed by atoms with Gasteiger partial charge < -0.3 is 0 Å². The van der Waals surface area contributed by atoms with Crippen LogP contribution in [0, 0.1) is 3.70 Å². The number of aryl methyl sites for hydroxylation is 1. The Morgan fingerprint density at radius 2 is 2.00 bits per heavy atom. The highest BCUT2D eigenvalue weighted by Gasteiger charge is 2.13. The topological polar surface area (TPSA) is 61.4 Å². The van der Waals surface area contributed by atoms with Gasteiger partial charge in [0.25, 0.3) is 0 Å². The van der Waals surface area contributed by atoms with Crippen LogP contribution >= 0.6 is 38.5 Å². The molecule has 0 saturated carbocycles. The zero-order chi connectivity index (χ0) is 14.1. The highest BCUT2D eigenvalue weighted by molar-refractivity contribution is 14.1. The molecule has 0 saturated heterocycles. The zero-order valence-corrected chi connectivity index (χ0v) is 14.3. The van der Waals surface area contributed by atoms with Gasteiger partial charge in [0.15, 0.2) is 0 Å². The fourth-order valence-electron chi connectivity index (χ4n) is 1.74. The van der Waals surface area contributed by atoms with Crippen LogP contribution in [0.5, 0.6) is 0 Å². The summed E-state index contributed by atoms with van der Waals surface area (Å²) in [5.41, 5.74) is 2.02. The highest BCUT2D eigenvalue weighted by atomic mass is 127. The number of aromatic nitrogens is 6. The third-order valence-corrected chi connectivity index (χ3v) is 4.61. The van der Waals surface area contributed by atoms with Crippen LogP contribution in [0.2, 0.25) is 0 Å². The van der Waals surface area contributed by atoms with Crippen LogP contribution in [0.15, 0.2) is 34.9 Å². The second-order valence-electron chi connectivity index (χ2n) is 4.24. The van der Waals surface area contributed by atoms with Crippen molar-refractivity contribution in [3.05, 3.63) is 44.2 Å². The van der Waals surface area contributed by atoms with Crippen molar-refractivity contribution in [2.45, 2.75) is 6.54 Å². The fraction of sp³-hybridized carbons (Fsp3) is 0.167. The number of halogens is 2. The van der Waals surface area contributed by atoms with Gasteiger partial charge in [-0.05, 0) is 45.5 Å². The third kappa shape index (κ3) is 2.75. The van der Waals surface area contributed by atoms with Gasteiger partial charge in [-0.15, -0.1) is 10.2 Å². The minimum atomic E-state index is 0.594. The van der Waals surface area contributed by atoms with E-state index in [1.165, 1.54) is 0 Å². The summed E-state index contributed by atoms with van der Waals surface area (Å²) < 4.78 is 3.83. The van der Waals surface area contributed by atoms with Gasteiger partial charge >= 0.3 is 0 Å². The first-order valence-corrected chi connectivity index (χ1v) is 7.71. The second kappa shape index (κ2) is 5.60. The number of benzene rings is 1. The zero-order valence-electron chi connectivity index (χ0n) is 10.5. The molecule has 0 unspecified atom stereocenters. The van der Waals surface area contributed by atoms with Crippen molar-refractivity contribution in [2.24, 2.45) is 7.05 Å². The molecule has 20 heavy (non-hydrogen) atoms. The van der Waals surface area contributed by atoms with Gasteiger partial charge in [0, 0.05) is 11.5 Å². The molecule has 8 heteroatoms. The molecule has 0 atom stereocenters. The molecular formula is C12H10BrIN6. The summed E-state index contributed by atoms with van der Waals surface area (Å²) in [5.74, 6) is 0.597. The summed E-state index contributed by atoms with van der Waals surface area (Å²) in [6, 6.07) is 8.05. The van der Waals surface area contributed by atoms with E-state index in [1.54, 1.807) is 15.7 Å². The van der Waals surface area contributed by atoms with Crippen LogP contribution in [0.3, 0.4) is 0 Å². The average Bonchev–Trinajstić information content (AvgIpc) is 3.01. The Bertz CT molecular complexity index is 733. The van der Waals surface area contributed by atoms with Gasteiger partial charge in [0.1, 0.15) is 3.70 Å². The van der Waals surface area contributed by atoms with E-state index in [-0.39, 0.29) is 0 Å². The number of nitrogens with zero attached hydrogens (tertiary/aromatic N) is 6. The predicted molar refractivity (Wildman–Crippen MR) is 86.0 cm³/mol. The molecular weight excluding hydrogens is 435 g/mol. The Labute approximate surface area is 137 Å². The van der Waals surface area contributed by atoms with Crippen LogP contribution in [-0.2, 0) is 13.6 Å². The maximum atomic E-state index is 4.40. The van der Waals surface area contributed by atoms with E-state index in [0.717, 1.165) is 19.3 Å². The molecule has 0 radical (unpaired) electrons. The van der Waals surface area contributed by atoms with Crippen molar-refractivity contribution in [3.8, 4) is 11.4 Å². The largest absolute Gasteiger partial charge is 0.262 e. The lowest BCUT2D eigenvalue weighted by Gasteiger charge is -1.99. The van der Waals surface area contributed by atoms with Gasteiger partial charge in [-0.25, -0.2) is 0 Å². The molecule has 0 fully saturated rings. The quantitative estimate of drug-likeness (QED) is 0.582. The van der Waals surface area contributed by atoms with E-state index >= 15 is 0 Å². The molecule has 3 aromatic rings. The molecule has 0 aliphatic carbocycles. The molecule has 0 bridgehead atoms. The Morgan fingerprint density at radius 3 is 2.65 bits per heavy atom. The fourth-order valence-corrected chi connectivity index (χ4v) is 2.51. The van der Waals surface area contributed by atoms with Gasteiger partial charge in [0.05, 0.1) is 18.3 Å². The molecule has 6 nitrogen and oxygen atoms in total. The van der Waals surface area contributed by atoms with Crippen molar-refractivity contribution < 1.29 is 0 Å². The molecule has 102 valence electrons. The lowest BCUT2D eigenvalue weighted by Crippen LogP contribution is -2.03. The van der Waals surface area contributed by atoms with E-state index in [1.807, 2.05) is 31.3 Å². The SMILES string of the molecule is Cn1ncc(-c2nnn(Cc3ccc(Br)cc3)n2)c1I. The second-order valence-corrected chi connectivity index (χ2v) is 6.18. The first-order chi connectivity index (χ1) is 9.63. The summed E-state index contributed by atoms with van der Waals surface area (Å²) in [7, 11) is 1.89. The minimum absolute atomic E-state index is 0.594. The standard InChI is InChI=1S/C12H10BrIN6/c1-19-11(14)10(6-15-19)12-16-18-20(17-12)7-8-2-4-9(13)5-3-8/h2-6H,7H2,1H3. The summed E-state index contributed by atoms with van der Waals surface area (Å²) in [5, 5.41) is 16.8. The van der Waals surface area contributed by atoms with E-state index in [2.05, 4.69) is 59.0 Å². The van der Waals surface area contributed by atoms with Gasteiger partial charge in [0.2, 0.25) is 5.82 Å². The van der Waals surface area contributed by atoms with Gasteiger partial charge in [-0.2, -0.15) is 9.90 Å². The first-order valence-electron chi connectivity index (χ1n) is 5.83. The first kappa shape index (κ1) is 13.7. The van der Waals surface area contributed by atoms with Crippen molar-refractivity contribution in [1.82, 2.24) is 30.0 Å². The summed E-state index contributed by atoms with van der Waals surface area (Å²) in [6.07, 6.45) is 1.75. The number of rotatable bonds is 3. The molecule has 2 heterocycles. The molecule has 0 aliphatic rings. The molecule has 2 aromatic heterocycles. The van der Waals surface area contributed by atoms with Crippen molar-refractivity contribution in [2.75, 3.05) is 0 Å². The Morgan fingerprint density at radius 1 is 1.25 bits per heavy atom. The van der Waals surface area contributed by atoms with Crippen LogP contribution in [-0.4, -0.2) is 30.0 Å². The summed E-state index contributed by atoms with van der Waals surface area (Å²) in [4.78, 5) is 1.58. The number of hydrogen-bond donors (Lipinski definition) is 0. The molecule has 0 aliphatic heterocycles. The van der Waals surface area contributed by atoms with Crippen molar-refractivity contribution >= 4 is 38.5 Å². The van der Waals surface area contributed by atoms with Crippen molar-refractivity contribution in [3.63, 3.8) is 0 Å². The van der Waals surface area contributed by atoms with E-state index < -0.39 is 0 Å². The maximum Gasteiger partial charge on any atom is 0.209 e. The monoisotopic (exact) mass is 444 g/mol. The minimum Gasteiger partial charge on any atom is -0.262 e. The van der Waals surface area contributed by atoms with Crippen LogP contribution < -0.4 is 0 Å². The van der Waals surface area contributed by atoms with Crippen molar-refractivity contribution in [1.29, 1.82) is 0 Å². The summed E-state index contributed by atoms with van der Waals surface area (Å²) >= 11 is 5.63. The van der Waals surface area contributed by atoms with E-state index in [4.69, 9.17) is 0 Å². The average molecular weight is 445 g/mol. The molecule has 1 aromatic carbocycles. The molecule has 3 rings (SSSR count). The number of hydrogen-bond acceptors (Lipinski definition) is 4. The van der Waals surface area contributed by atoms with Gasteiger partial charge in [-0.3, -0.25) is 4.68 Å². The third-order valence-electron chi connectivity index (χ3n) is 2.80. The molecule has 0 spiro atoms. The van der Waals surface area contributed by atoms with Gasteiger partial charge in [-0.1, -0.05) is 28.1 Å². The van der Waals surface area contributed by atoms with Crippen LogP contribution in [0.25, 0.3) is 11.4 Å². The van der Waals surface area contributed by atoms with Crippen LogP contribution in [0.1, 0.15) is 5.56 Å². The normalized spacial score (nSPS) is 10.9. The number of tetrazole rings is 1. The van der Waals surface area contributed by atoms with E-state index in [0.29, 0.717) is 12.4 Å². The predicted octanol–water partition coefficient (Wildman–Crippen LogP) is 2.49. The molecule has 0 amide bonds. The lowest BCUT2D eigenvalue weighted by atomic mass is 10.2. The lowest BCUT2D eigenvalue weighted by molar-refractivity contribution is 0.573. The highest BCUT2D eigenvalue weighted by Crippen LogP contribution is 2.20. The maximum absolute atomic E-state index is 4.40. The van der Waals surface area contributed by atoms with E-state index in [9.17, 15) is 0 Å². The Hall–Kier alpha value is -1.29.